The fraction of sp³-hybridized carbons (Fsp3) is 0.211. The summed E-state index contributed by atoms with van der Waals surface area (Å²) in [5.41, 5.74) is 1.83. The molecule has 0 amide bonds. The zero-order valence-electron chi connectivity index (χ0n) is 15.6. The van der Waals surface area contributed by atoms with E-state index in [0.29, 0.717) is 10.4 Å². The molecule has 0 saturated heterocycles. The van der Waals surface area contributed by atoms with Crippen LogP contribution >= 0.6 is 0 Å². The van der Waals surface area contributed by atoms with E-state index in [4.69, 9.17) is 9.90 Å². The number of carbonyl (C=O) groups is 1. The van der Waals surface area contributed by atoms with Crippen LogP contribution in [0.25, 0.3) is 10.9 Å². The highest BCUT2D eigenvalue weighted by molar-refractivity contribution is 7.90. The van der Waals surface area contributed by atoms with Crippen molar-refractivity contribution < 1.29 is 31.5 Å². The minimum atomic E-state index is -5.08. The summed E-state index contributed by atoms with van der Waals surface area (Å²) in [6, 6.07) is 16.1. The normalized spacial score (nSPS) is 11.9. The lowest BCUT2D eigenvalue weighted by Crippen LogP contribution is -2.21. The van der Waals surface area contributed by atoms with E-state index >= 15 is 0 Å². The van der Waals surface area contributed by atoms with Gasteiger partial charge in [0.15, 0.2) is 0 Å². The number of aliphatic carboxylic acids is 1. The Labute approximate surface area is 165 Å². The molecule has 0 unspecified atom stereocenters. The molecule has 2 aromatic carbocycles. The van der Waals surface area contributed by atoms with E-state index in [1.807, 2.05) is 44.4 Å². The molecule has 1 N–H and O–H groups in total. The van der Waals surface area contributed by atoms with Crippen molar-refractivity contribution >= 4 is 26.9 Å². The number of halogens is 3. The summed E-state index contributed by atoms with van der Waals surface area (Å²) < 4.78 is 58.7. The van der Waals surface area contributed by atoms with Crippen molar-refractivity contribution in [1.29, 1.82) is 0 Å². The summed E-state index contributed by atoms with van der Waals surface area (Å²) in [5.74, 6) is -2.76. The van der Waals surface area contributed by atoms with Crippen LogP contribution in [-0.4, -0.2) is 48.6 Å². The molecule has 1 heterocycles. The molecule has 10 heteroatoms. The largest absolute Gasteiger partial charge is 0.490 e. The summed E-state index contributed by atoms with van der Waals surface area (Å²) in [6.07, 6.45) is -3.45. The molecule has 0 fully saturated rings. The number of hydrogen-bond acceptors (Lipinski definition) is 4. The third-order valence-electron chi connectivity index (χ3n) is 3.82. The van der Waals surface area contributed by atoms with E-state index in [2.05, 4.69) is 4.90 Å². The van der Waals surface area contributed by atoms with Gasteiger partial charge in [0.25, 0.3) is 10.0 Å². The molecule has 156 valence electrons. The SMILES string of the molecule is CN(C)Cc1cccc2c1ccn2S(=O)(=O)c1ccccc1.O=C(O)C(F)(F)F. The van der Waals surface area contributed by atoms with Crippen LogP contribution in [0.5, 0.6) is 0 Å². The Morgan fingerprint density at radius 3 is 2.14 bits per heavy atom. The molecule has 29 heavy (non-hydrogen) atoms. The molecule has 0 aliphatic carbocycles. The maximum absolute atomic E-state index is 12.8. The molecule has 0 aliphatic rings. The Bertz CT molecular complexity index is 1090. The molecule has 0 atom stereocenters. The summed E-state index contributed by atoms with van der Waals surface area (Å²) >= 11 is 0. The number of fused-ring (bicyclic) bond motifs is 1. The van der Waals surface area contributed by atoms with Gasteiger partial charge in [-0.2, -0.15) is 13.2 Å². The van der Waals surface area contributed by atoms with Crippen LogP contribution in [0, 0.1) is 0 Å². The minimum absolute atomic E-state index is 0.297. The van der Waals surface area contributed by atoms with Gasteiger partial charge in [0.1, 0.15) is 0 Å². The van der Waals surface area contributed by atoms with Gasteiger partial charge >= 0.3 is 12.1 Å². The molecule has 0 saturated carbocycles. The lowest BCUT2D eigenvalue weighted by Gasteiger charge is -2.12. The molecule has 3 rings (SSSR count). The van der Waals surface area contributed by atoms with Gasteiger partial charge in [-0.05, 0) is 43.9 Å². The molecule has 0 aliphatic heterocycles. The maximum Gasteiger partial charge on any atom is 0.490 e. The van der Waals surface area contributed by atoms with Gasteiger partial charge in [-0.25, -0.2) is 17.2 Å². The topological polar surface area (TPSA) is 79.6 Å². The van der Waals surface area contributed by atoms with E-state index in [1.54, 1.807) is 30.5 Å². The lowest BCUT2D eigenvalue weighted by molar-refractivity contribution is -0.192. The molecule has 6 nitrogen and oxygen atoms in total. The van der Waals surface area contributed by atoms with Gasteiger partial charge in [0, 0.05) is 18.1 Å². The second-order valence-electron chi connectivity index (χ2n) is 6.32. The van der Waals surface area contributed by atoms with Crippen LogP contribution in [0.4, 0.5) is 13.2 Å². The number of alkyl halides is 3. The van der Waals surface area contributed by atoms with Crippen LogP contribution in [0.3, 0.4) is 0 Å². The Morgan fingerprint density at radius 1 is 1.03 bits per heavy atom. The van der Waals surface area contributed by atoms with Crippen molar-refractivity contribution in [2.24, 2.45) is 0 Å². The average Bonchev–Trinajstić information content (AvgIpc) is 3.08. The summed E-state index contributed by atoms with van der Waals surface area (Å²) in [5, 5.41) is 8.09. The highest BCUT2D eigenvalue weighted by Crippen LogP contribution is 2.25. The summed E-state index contributed by atoms with van der Waals surface area (Å²) in [4.78, 5) is 11.3. The zero-order chi connectivity index (χ0) is 21.8. The molecular formula is C19H19F3N2O4S. The van der Waals surface area contributed by atoms with Gasteiger partial charge in [-0.15, -0.1) is 0 Å². The fourth-order valence-electron chi connectivity index (χ4n) is 2.60. The molecule has 0 spiro atoms. The Morgan fingerprint density at radius 2 is 1.62 bits per heavy atom. The number of carboxylic acids is 1. The molecule has 0 bridgehead atoms. The standard InChI is InChI=1S/C17H18N2O2S.C2HF3O2/c1-18(2)13-14-7-6-10-17-16(14)11-12-19(17)22(20,21)15-8-4-3-5-9-15;3-2(4,5)1(6)7/h3-12H,13H2,1-2H3;(H,6,7). The average molecular weight is 428 g/mol. The summed E-state index contributed by atoms with van der Waals surface area (Å²) in [6.45, 7) is 0.771. The number of carboxylic acid groups (broad SMARTS) is 1. The van der Waals surface area contributed by atoms with Crippen molar-refractivity contribution in [2.45, 2.75) is 17.6 Å². The first-order valence-electron chi connectivity index (χ1n) is 8.29. The lowest BCUT2D eigenvalue weighted by atomic mass is 10.1. The first-order chi connectivity index (χ1) is 13.4. The second kappa shape index (κ2) is 8.66. The number of rotatable bonds is 4. The van der Waals surface area contributed by atoms with Crippen molar-refractivity contribution in [2.75, 3.05) is 14.1 Å². The van der Waals surface area contributed by atoms with Crippen molar-refractivity contribution in [3.8, 4) is 0 Å². The van der Waals surface area contributed by atoms with Crippen LogP contribution < -0.4 is 0 Å². The van der Waals surface area contributed by atoms with Crippen LogP contribution in [0.15, 0.2) is 65.7 Å². The van der Waals surface area contributed by atoms with Crippen molar-refractivity contribution in [3.63, 3.8) is 0 Å². The molecular weight excluding hydrogens is 409 g/mol. The Hall–Kier alpha value is -2.85. The highest BCUT2D eigenvalue weighted by atomic mass is 32.2. The number of hydrogen-bond donors (Lipinski definition) is 1. The van der Waals surface area contributed by atoms with E-state index in [-0.39, 0.29) is 0 Å². The fourth-order valence-corrected chi connectivity index (χ4v) is 3.97. The first-order valence-corrected chi connectivity index (χ1v) is 9.73. The maximum atomic E-state index is 12.8. The zero-order valence-corrected chi connectivity index (χ0v) is 16.4. The molecule has 3 aromatic rings. The van der Waals surface area contributed by atoms with E-state index in [0.717, 1.165) is 17.5 Å². The Kier molecular flexibility index (Phi) is 6.70. The van der Waals surface area contributed by atoms with Gasteiger partial charge < -0.3 is 10.0 Å². The summed E-state index contributed by atoms with van der Waals surface area (Å²) in [7, 11) is 0.429. The monoisotopic (exact) mass is 428 g/mol. The predicted molar refractivity (Wildman–Crippen MR) is 102 cm³/mol. The third kappa shape index (κ3) is 5.36. The van der Waals surface area contributed by atoms with Gasteiger partial charge in [-0.1, -0.05) is 30.3 Å². The van der Waals surface area contributed by atoms with Crippen LogP contribution in [0.2, 0.25) is 0 Å². The minimum Gasteiger partial charge on any atom is -0.475 e. The molecule has 1 aromatic heterocycles. The third-order valence-corrected chi connectivity index (χ3v) is 5.52. The van der Waals surface area contributed by atoms with Crippen molar-refractivity contribution in [3.05, 3.63) is 66.4 Å². The van der Waals surface area contributed by atoms with Gasteiger partial charge in [-0.3, -0.25) is 0 Å². The van der Waals surface area contributed by atoms with Gasteiger partial charge in [0.2, 0.25) is 0 Å². The quantitative estimate of drug-likeness (QED) is 0.687. The van der Waals surface area contributed by atoms with Crippen molar-refractivity contribution in [1.82, 2.24) is 8.87 Å². The van der Waals surface area contributed by atoms with Crippen LogP contribution in [-0.2, 0) is 21.4 Å². The van der Waals surface area contributed by atoms with Gasteiger partial charge in [0.05, 0.1) is 10.4 Å². The van der Waals surface area contributed by atoms with E-state index in [9.17, 15) is 21.6 Å². The Balaban J connectivity index is 0.000000370. The van der Waals surface area contributed by atoms with E-state index in [1.165, 1.54) is 3.97 Å². The van der Waals surface area contributed by atoms with E-state index < -0.39 is 22.2 Å². The predicted octanol–water partition coefficient (Wildman–Crippen LogP) is 3.57. The number of aromatic nitrogens is 1. The smallest absolute Gasteiger partial charge is 0.475 e. The molecule has 0 radical (unpaired) electrons. The first kappa shape index (κ1) is 22.4. The number of nitrogens with zero attached hydrogens (tertiary/aromatic N) is 2. The van der Waals surface area contributed by atoms with Crippen LogP contribution in [0.1, 0.15) is 5.56 Å². The number of benzene rings is 2. The highest BCUT2D eigenvalue weighted by Gasteiger charge is 2.38. The second-order valence-corrected chi connectivity index (χ2v) is 8.14.